The summed E-state index contributed by atoms with van der Waals surface area (Å²) in [5, 5.41) is 19.1. The number of hydrogen-bond acceptors (Lipinski definition) is 3. The van der Waals surface area contributed by atoms with Crippen LogP contribution in [-0.4, -0.2) is 27.5 Å². The first kappa shape index (κ1) is 15.4. The number of aliphatic hydroxyl groups excluding tert-OH is 1. The van der Waals surface area contributed by atoms with Crippen molar-refractivity contribution in [2.75, 3.05) is 11.4 Å². The van der Waals surface area contributed by atoms with E-state index in [0.29, 0.717) is 11.4 Å². The van der Waals surface area contributed by atoms with Gasteiger partial charge in [-0.25, -0.2) is 4.98 Å². The molecule has 0 amide bonds. The largest absolute Gasteiger partial charge is 0.509 e. The lowest BCUT2D eigenvalue weighted by molar-refractivity contribution is 0.411. The number of hydrogen-bond donors (Lipinski definition) is 3. The van der Waals surface area contributed by atoms with Crippen LogP contribution in [0.1, 0.15) is 22.5 Å². The van der Waals surface area contributed by atoms with Crippen LogP contribution < -0.4 is 4.90 Å². The zero-order valence-electron chi connectivity index (χ0n) is 14.5. The number of imidazole rings is 1. The number of aryl methyl sites for hydroxylation is 2. The number of nitrogens with zero attached hydrogens (tertiary/aromatic N) is 2. The Labute approximate surface area is 146 Å². The van der Waals surface area contributed by atoms with E-state index in [4.69, 9.17) is 5.41 Å². The molecule has 126 valence electrons. The van der Waals surface area contributed by atoms with Crippen LogP contribution in [0.15, 0.2) is 42.2 Å². The van der Waals surface area contributed by atoms with Crippen molar-refractivity contribution in [1.82, 2.24) is 9.97 Å². The van der Waals surface area contributed by atoms with Gasteiger partial charge in [0.1, 0.15) is 17.4 Å². The number of aromatic nitrogens is 2. The fourth-order valence-electron chi connectivity index (χ4n) is 3.30. The molecule has 1 aliphatic heterocycles. The quantitative estimate of drug-likeness (QED) is 0.656. The second kappa shape index (κ2) is 5.48. The lowest BCUT2D eigenvalue weighted by Gasteiger charge is -2.21. The highest BCUT2D eigenvalue weighted by atomic mass is 16.3. The Balaban J connectivity index is 1.76. The normalized spacial score (nSPS) is 14.8. The third-order valence-electron chi connectivity index (χ3n) is 4.84. The summed E-state index contributed by atoms with van der Waals surface area (Å²) in [5.74, 6) is 0.972. The van der Waals surface area contributed by atoms with Crippen molar-refractivity contribution in [2.24, 2.45) is 0 Å². The van der Waals surface area contributed by atoms with Gasteiger partial charge >= 0.3 is 0 Å². The van der Waals surface area contributed by atoms with E-state index in [1.807, 2.05) is 62.1 Å². The van der Waals surface area contributed by atoms with Gasteiger partial charge in [-0.3, -0.25) is 5.41 Å². The van der Waals surface area contributed by atoms with Crippen molar-refractivity contribution < 1.29 is 5.11 Å². The third-order valence-corrected chi connectivity index (χ3v) is 4.84. The van der Waals surface area contributed by atoms with Gasteiger partial charge in [-0.2, -0.15) is 0 Å². The molecule has 5 nitrogen and oxygen atoms in total. The highest BCUT2D eigenvalue weighted by Gasteiger charge is 2.32. The summed E-state index contributed by atoms with van der Waals surface area (Å²) in [6.07, 6.45) is 0. The Hall–Kier alpha value is -3.08. The molecule has 1 aromatic heterocycles. The Morgan fingerprint density at radius 3 is 2.76 bits per heavy atom. The molecule has 3 aromatic rings. The predicted octanol–water partition coefficient (Wildman–Crippen LogP) is 4.25. The minimum Gasteiger partial charge on any atom is -0.509 e. The molecule has 0 saturated carbocycles. The van der Waals surface area contributed by atoms with Gasteiger partial charge in [0.05, 0.1) is 23.2 Å². The molecule has 0 radical (unpaired) electrons. The number of H-pyrrole nitrogens is 1. The number of aliphatic hydroxyl groups is 1. The lowest BCUT2D eigenvalue weighted by atomic mass is 10.1. The molecule has 0 aliphatic carbocycles. The minimum atomic E-state index is 0.168. The van der Waals surface area contributed by atoms with Gasteiger partial charge in [-0.1, -0.05) is 18.2 Å². The molecule has 2 heterocycles. The fraction of sp³-hybridized carbons (Fsp3) is 0.200. The lowest BCUT2D eigenvalue weighted by Crippen LogP contribution is -2.27. The van der Waals surface area contributed by atoms with Crippen LogP contribution in [-0.2, 0) is 0 Å². The number of benzene rings is 2. The van der Waals surface area contributed by atoms with Crippen molar-refractivity contribution in [3.05, 3.63) is 64.7 Å². The molecule has 4 rings (SSSR count). The number of nitrogens with one attached hydrogen (secondary N) is 2. The van der Waals surface area contributed by atoms with E-state index in [-0.39, 0.29) is 18.1 Å². The van der Waals surface area contributed by atoms with Gasteiger partial charge in [0.25, 0.3) is 0 Å². The maximum atomic E-state index is 10.5. The molecular formula is C20H20N4O. The average molecular weight is 332 g/mol. The summed E-state index contributed by atoms with van der Waals surface area (Å²) >= 11 is 0. The summed E-state index contributed by atoms with van der Waals surface area (Å²) < 4.78 is 0. The molecule has 1 aliphatic rings. The van der Waals surface area contributed by atoms with Crippen LogP contribution >= 0.6 is 0 Å². The van der Waals surface area contributed by atoms with E-state index in [2.05, 4.69) is 9.97 Å². The second-order valence-electron chi connectivity index (χ2n) is 6.58. The van der Waals surface area contributed by atoms with Gasteiger partial charge in [-0.15, -0.1) is 0 Å². The molecular weight excluding hydrogens is 312 g/mol. The predicted molar refractivity (Wildman–Crippen MR) is 101 cm³/mol. The number of rotatable bonds is 2. The molecule has 0 bridgehead atoms. The smallest absolute Gasteiger partial charge is 0.145 e. The van der Waals surface area contributed by atoms with E-state index in [1.54, 1.807) is 0 Å². The summed E-state index contributed by atoms with van der Waals surface area (Å²) in [4.78, 5) is 9.63. The van der Waals surface area contributed by atoms with Gasteiger partial charge in [0, 0.05) is 5.69 Å². The Morgan fingerprint density at radius 1 is 1.16 bits per heavy atom. The Morgan fingerprint density at radius 2 is 1.96 bits per heavy atom. The van der Waals surface area contributed by atoms with Gasteiger partial charge in [0.15, 0.2) is 0 Å². The number of aromatic amines is 1. The Kier molecular flexibility index (Phi) is 3.39. The molecule has 25 heavy (non-hydrogen) atoms. The van der Waals surface area contributed by atoms with Crippen molar-refractivity contribution in [3.63, 3.8) is 0 Å². The Bertz CT molecular complexity index is 1050. The van der Waals surface area contributed by atoms with Crippen molar-refractivity contribution >= 4 is 28.1 Å². The highest BCUT2D eigenvalue weighted by Crippen LogP contribution is 2.33. The molecule has 0 saturated heterocycles. The standard InChI is InChI=1S/C20H20N4O/c1-11-7-8-14-15(9-11)23-20(22-14)18-17(25)10-24(19(18)21)16-6-4-5-12(2)13(16)3/h4-9,21,25H,10H2,1-3H3,(H,22,23). The zero-order chi connectivity index (χ0) is 17.7. The fourth-order valence-corrected chi connectivity index (χ4v) is 3.30. The van der Waals surface area contributed by atoms with Gasteiger partial charge < -0.3 is 15.0 Å². The SMILES string of the molecule is Cc1ccc2nc(C3=C(O)CN(c4cccc(C)c4C)C3=N)[nH]c2c1. The topological polar surface area (TPSA) is 76.0 Å². The summed E-state index contributed by atoms with van der Waals surface area (Å²) in [7, 11) is 0. The molecule has 0 unspecified atom stereocenters. The zero-order valence-corrected chi connectivity index (χ0v) is 14.5. The monoisotopic (exact) mass is 332 g/mol. The van der Waals surface area contributed by atoms with Crippen molar-refractivity contribution in [1.29, 1.82) is 5.41 Å². The van der Waals surface area contributed by atoms with Gasteiger partial charge in [-0.05, 0) is 55.7 Å². The van der Waals surface area contributed by atoms with E-state index in [1.165, 1.54) is 0 Å². The summed E-state index contributed by atoms with van der Waals surface area (Å²) in [5.41, 5.74) is 6.57. The van der Waals surface area contributed by atoms with Crippen LogP contribution in [0.3, 0.4) is 0 Å². The number of fused-ring (bicyclic) bond motifs is 1. The summed E-state index contributed by atoms with van der Waals surface area (Å²) in [6.45, 7) is 6.40. The molecule has 0 fully saturated rings. The van der Waals surface area contributed by atoms with Crippen LogP contribution in [0, 0.1) is 26.2 Å². The van der Waals surface area contributed by atoms with Crippen LogP contribution in [0.25, 0.3) is 16.6 Å². The van der Waals surface area contributed by atoms with Crippen molar-refractivity contribution in [2.45, 2.75) is 20.8 Å². The summed E-state index contributed by atoms with van der Waals surface area (Å²) in [6, 6.07) is 12.0. The first-order chi connectivity index (χ1) is 12.0. The molecule has 5 heteroatoms. The number of amidine groups is 1. The van der Waals surface area contributed by atoms with E-state index >= 15 is 0 Å². The van der Waals surface area contributed by atoms with Crippen LogP contribution in [0.4, 0.5) is 5.69 Å². The van der Waals surface area contributed by atoms with Crippen LogP contribution in [0.2, 0.25) is 0 Å². The first-order valence-electron chi connectivity index (χ1n) is 8.27. The minimum absolute atomic E-state index is 0.168. The second-order valence-corrected chi connectivity index (χ2v) is 6.58. The van der Waals surface area contributed by atoms with E-state index < -0.39 is 0 Å². The van der Waals surface area contributed by atoms with E-state index in [9.17, 15) is 5.11 Å². The molecule has 2 aromatic carbocycles. The molecule has 3 N–H and O–H groups in total. The van der Waals surface area contributed by atoms with Crippen LogP contribution in [0.5, 0.6) is 0 Å². The molecule has 0 atom stereocenters. The maximum Gasteiger partial charge on any atom is 0.145 e. The van der Waals surface area contributed by atoms with Gasteiger partial charge in [0.2, 0.25) is 0 Å². The highest BCUT2D eigenvalue weighted by molar-refractivity contribution is 6.30. The first-order valence-corrected chi connectivity index (χ1v) is 8.27. The average Bonchev–Trinajstić information content (AvgIpc) is 3.10. The number of anilines is 1. The van der Waals surface area contributed by atoms with E-state index in [0.717, 1.165) is 33.4 Å². The molecule has 0 spiro atoms. The third kappa shape index (κ3) is 2.39. The van der Waals surface area contributed by atoms with Crippen molar-refractivity contribution in [3.8, 4) is 0 Å². The maximum absolute atomic E-state index is 10.5.